The number of carboxylic acids is 1. The molecule has 0 atom stereocenters. The second-order valence-corrected chi connectivity index (χ2v) is 4.90. The van der Waals surface area contributed by atoms with Crippen molar-refractivity contribution in [2.75, 3.05) is 0 Å². The molecule has 0 aliphatic heterocycles. The Labute approximate surface area is 90.4 Å². The van der Waals surface area contributed by atoms with Crippen LogP contribution in [0.25, 0.3) is 10.2 Å². The van der Waals surface area contributed by atoms with Crippen molar-refractivity contribution >= 4 is 27.5 Å². The Bertz CT molecular complexity index is 509. The Morgan fingerprint density at radius 2 is 2.13 bits per heavy atom. The third kappa shape index (κ3) is 1.18. The number of carboxylic acid groups (broad SMARTS) is 1. The summed E-state index contributed by atoms with van der Waals surface area (Å²) in [5.41, 5.74) is 0.244. The van der Waals surface area contributed by atoms with Crippen LogP contribution in [0.5, 0.6) is 0 Å². The van der Waals surface area contributed by atoms with Crippen LogP contribution < -0.4 is 0 Å². The normalized spacial score (nSPS) is 17.9. The van der Waals surface area contributed by atoms with E-state index < -0.39 is 11.4 Å². The number of rotatable bonds is 2. The number of benzene rings is 1. The maximum Gasteiger partial charge on any atom is 0.316 e. The average Bonchev–Trinajstić information content (AvgIpc) is 2.93. The van der Waals surface area contributed by atoms with Crippen LogP contribution in [-0.4, -0.2) is 16.1 Å². The first kappa shape index (κ1) is 8.85. The summed E-state index contributed by atoms with van der Waals surface area (Å²) in [6.07, 6.45) is 1.45. The van der Waals surface area contributed by atoms with Gasteiger partial charge in [0.25, 0.3) is 0 Å². The smallest absolute Gasteiger partial charge is 0.316 e. The van der Waals surface area contributed by atoms with E-state index in [1.165, 1.54) is 11.3 Å². The molecule has 1 aromatic carbocycles. The van der Waals surface area contributed by atoms with Gasteiger partial charge >= 0.3 is 5.97 Å². The second kappa shape index (κ2) is 2.79. The summed E-state index contributed by atoms with van der Waals surface area (Å²) in [6, 6.07) is 7.78. The average molecular weight is 219 g/mol. The Hall–Kier alpha value is -1.42. The van der Waals surface area contributed by atoms with Crippen molar-refractivity contribution in [3.05, 3.63) is 29.3 Å². The monoisotopic (exact) mass is 219 g/mol. The van der Waals surface area contributed by atoms with Crippen LogP contribution >= 0.6 is 11.3 Å². The molecule has 76 valence electrons. The Morgan fingerprint density at radius 1 is 1.40 bits per heavy atom. The molecule has 0 saturated heterocycles. The van der Waals surface area contributed by atoms with E-state index in [-0.39, 0.29) is 0 Å². The van der Waals surface area contributed by atoms with E-state index in [2.05, 4.69) is 4.98 Å². The number of carbonyl (C=O) groups is 1. The molecule has 1 fully saturated rings. The van der Waals surface area contributed by atoms with Gasteiger partial charge in [0.15, 0.2) is 0 Å². The molecule has 3 rings (SSSR count). The SMILES string of the molecule is O=C(O)C1(c2nc3ccccc3s2)CC1. The van der Waals surface area contributed by atoms with Crippen LogP contribution in [0.1, 0.15) is 17.8 Å². The number of hydrogen-bond donors (Lipinski definition) is 1. The van der Waals surface area contributed by atoms with Crippen LogP contribution in [0.3, 0.4) is 0 Å². The number of aliphatic carboxylic acids is 1. The first-order valence-electron chi connectivity index (χ1n) is 4.82. The van der Waals surface area contributed by atoms with Crippen LogP contribution in [0.4, 0.5) is 0 Å². The summed E-state index contributed by atoms with van der Waals surface area (Å²) in [6.45, 7) is 0. The summed E-state index contributed by atoms with van der Waals surface area (Å²) in [5.74, 6) is -0.735. The molecule has 0 unspecified atom stereocenters. The third-order valence-corrected chi connectivity index (χ3v) is 4.10. The summed E-state index contributed by atoms with van der Waals surface area (Å²) in [4.78, 5) is 15.5. The van der Waals surface area contributed by atoms with Crippen LogP contribution in [0, 0.1) is 0 Å². The van der Waals surface area contributed by atoms with Crippen molar-refractivity contribution in [2.24, 2.45) is 0 Å². The first-order chi connectivity index (χ1) is 7.22. The van der Waals surface area contributed by atoms with Crippen molar-refractivity contribution in [2.45, 2.75) is 18.3 Å². The molecule has 0 bridgehead atoms. The highest BCUT2D eigenvalue weighted by Gasteiger charge is 2.54. The molecule has 1 heterocycles. The molecule has 0 amide bonds. The van der Waals surface area contributed by atoms with Crippen molar-refractivity contribution < 1.29 is 9.90 Å². The minimum atomic E-state index is -0.735. The van der Waals surface area contributed by atoms with Gasteiger partial charge in [-0.05, 0) is 25.0 Å². The molecule has 3 nitrogen and oxygen atoms in total. The topological polar surface area (TPSA) is 50.2 Å². The molecule has 0 radical (unpaired) electrons. The van der Waals surface area contributed by atoms with Crippen LogP contribution in [0.2, 0.25) is 0 Å². The number of para-hydroxylation sites is 1. The van der Waals surface area contributed by atoms with E-state index in [9.17, 15) is 4.79 Å². The number of thiazole rings is 1. The van der Waals surface area contributed by atoms with E-state index in [0.717, 1.165) is 28.1 Å². The standard InChI is InChI=1S/C11H9NO2S/c13-10(14)11(5-6-11)9-12-7-3-1-2-4-8(7)15-9/h1-4H,5-6H2,(H,13,14). The lowest BCUT2D eigenvalue weighted by Crippen LogP contribution is -2.18. The minimum absolute atomic E-state index is 0.663. The lowest BCUT2D eigenvalue weighted by atomic mass is 10.1. The predicted molar refractivity (Wildman–Crippen MR) is 58.2 cm³/mol. The molecule has 0 spiro atoms. The van der Waals surface area contributed by atoms with Crippen molar-refractivity contribution in [3.8, 4) is 0 Å². The molecule has 15 heavy (non-hydrogen) atoms. The fourth-order valence-corrected chi connectivity index (χ4v) is 2.93. The molecule has 1 N–H and O–H groups in total. The van der Waals surface area contributed by atoms with Gasteiger partial charge < -0.3 is 5.11 Å². The van der Waals surface area contributed by atoms with Gasteiger partial charge in [0.2, 0.25) is 0 Å². The maximum absolute atomic E-state index is 11.1. The van der Waals surface area contributed by atoms with E-state index >= 15 is 0 Å². The Balaban J connectivity index is 2.17. The molecule has 1 saturated carbocycles. The molecule has 2 aromatic rings. The number of aromatic nitrogens is 1. The summed E-state index contributed by atoms with van der Waals surface area (Å²) in [7, 11) is 0. The van der Waals surface area contributed by atoms with E-state index in [1.54, 1.807) is 0 Å². The quantitative estimate of drug-likeness (QED) is 0.843. The molecular formula is C11H9NO2S. The molecular weight excluding hydrogens is 210 g/mol. The fourth-order valence-electron chi connectivity index (χ4n) is 1.72. The molecule has 1 aliphatic rings. The van der Waals surface area contributed by atoms with Crippen molar-refractivity contribution in [1.82, 2.24) is 4.98 Å². The number of hydrogen-bond acceptors (Lipinski definition) is 3. The lowest BCUT2D eigenvalue weighted by Gasteiger charge is -2.03. The molecule has 4 heteroatoms. The summed E-state index contributed by atoms with van der Waals surface area (Å²) < 4.78 is 1.07. The van der Waals surface area contributed by atoms with Gasteiger partial charge in [-0.1, -0.05) is 12.1 Å². The van der Waals surface area contributed by atoms with E-state index in [4.69, 9.17) is 5.11 Å². The van der Waals surface area contributed by atoms with Crippen LogP contribution in [0.15, 0.2) is 24.3 Å². The Kier molecular flexibility index (Phi) is 1.65. The second-order valence-electron chi connectivity index (χ2n) is 3.87. The lowest BCUT2D eigenvalue weighted by molar-refractivity contribution is -0.140. The predicted octanol–water partition coefficient (Wildman–Crippen LogP) is 2.41. The third-order valence-electron chi connectivity index (χ3n) is 2.86. The van der Waals surface area contributed by atoms with Gasteiger partial charge in [-0.15, -0.1) is 11.3 Å². The molecule has 1 aliphatic carbocycles. The van der Waals surface area contributed by atoms with Crippen LogP contribution in [-0.2, 0) is 10.2 Å². The number of fused-ring (bicyclic) bond motifs is 1. The van der Waals surface area contributed by atoms with Crippen molar-refractivity contribution in [1.29, 1.82) is 0 Å². The highest BCUT2D eigenvalue weighted by atomic mass is 32.1. The van der Waals surface area contributed by atoms with Gasteiger partial charge in [0.1, 0.15) is 10.4 Å². The zero-order chi connectivity index (χ0) is 10.5. The summed E-state index contributed by atoms with van der Waals surface area (Å²) >= 11 is 1.50. The molecule has 1 aromatic heterocycles. The largest absolute Gasteiger partial charge is 0.481 e. The first-order valence-corrected chi connectivity index (χ1v) is 5.63. The van der Waals surface area contributed by atoms with E-state index in [0.29, 0.717) is 0 Å². The zero-order valence-corrected chi connectivity index (χ0v) is 8.75. The Morgan fingerprint density at radius 3 is 2.73 bits per heavy atom. The van der Waals surface area contributed by atoms with Gasteiger partial charge in [-0.3, -0.25) is 4.79 Å². The zero-order valence-electron chi connectivity index (χ0n) is 7.93. The highest BCUT2D eigenvalue weighted by Crippen LogP contribution is 2.50. The van der Waals surface area contributed by atoms with Crippen molar-refractivity contribution in [3.63, 3.8) is 0 Å². The van der Waals surface area contributed by atoms with Gasteiger partial charge in [-0.25, -0.2) is 4.98 Å². The van der Waals surface area contributed by atoms with E-state index in [1.807, 2.05) is 24.3 Å². The minimum Gasteiger partial charge on any atom is -0.481 e. The van der Waals surface area contributed by atoms with Gasteiger partial charge in [-0.2, -0.15) is 0 Å². The highest BCUT2D eigenvalue weighted by molar-refractivity contribution is 7.18. The fraction of sp³-hybridized carbons (Fsp3) is 0.273. The summed E-state index contributed by atoms with van der Waals surface area (Å²) in [5, 5.41) is 9.91. The van der Waals surface area contributed by atoms with Gasteiger partial charge in [0, 0.05) is 0 Å². The van der Waals surface area contributed by atoms with Gasteiger partial charge in [0.05, 0.1) is 10.2 Å². The maximum atomic E-state index is 11.1. The number of nitrogens with zero attached hydrogens (tertiary/aromatic N) is 1.